The van der Waals surface area contributed by atoms with Crippen molar-refractivity contribution in [3.05, 3.63) is 70.7 Å². The van der Waals surface area contributed by atoms with E-state index in [9.17, 15) is 0 Å². The Kier molecular flexibility index (Phi) is 5.71. The van der Waals surface area contributed by atoms with E-state index in [4.69, 9.17) is 11.6 Å². The molecule has 0 saturated carbocycles. The van der Waals surface area contributed by atoms with Gasteiger partial charge in [-0.25, -0.2) is 0 Å². The van der Waals surface area contributed by atoms with Crippen molar-refractivity contribution in [1.29, 1.82) is 0 Å². The van der Waals surface area contributed by atoms with Crippen LogP contribution in [0.1, 0.15) is 30.4 Å². The maximum Gasteiger partial charge on any atom is 0.0406 e. The highest BCUT2D eigenvalue weighted by atomic mass is 35.5. The van der Waals surface area contributed by atoms with E-state index in [-0.39, 0.29) is 0 Å². The monoisotopic (exact) mass is 328 g/mol. The average molecular weight is 329 g/mol. The molecule has 3 rings (SSSR count). The highest BCUT2D eigenvalue weighted by molar-refractivity contribution is 6.30. The molecule has 122 valence electrons. The van der Waals surface area contributed by atoms with E-state index >= 15 is 0 Å². The van der Waals surface area contributed by atoms with Crippen LogP contribution in [0.25, 0.3) is 0 Å². The van der Waals surface area contributed by atoms with Crippen LogP contribution in [-0.2, 0) is 0 Å². The smallest absolute Gasteiger partial charge is 0.0406 e. The summed E-state index contributed by atoms with van der Waals surface area (Å²) in [5.74, 6) is 0.368. The van der Waals surface area contributed by atoms with Crippen LogP contribution in [0.4, 0.5) is 0 Å². The second-order valence-electron chi connectivity index (χ2n) is 6.25. The summed E-state index contributed by atoms with van der Waals surface area (Å²) >= 11 is 6.10. The van der Waals surface area contributed by atoms with E-state index in [1.54, 1.807) is 0 Å². The molecule has 1 N–H and O–H groups in total. The third kappa shape index (κ3) is 3.95. The van der Waals surface area contributed by atoms with Gasteiger partial charge in [-0.3, -0.25) is 4.90 Å². The van der Waals surface area contributed by atoms with Crippen LogP contribution in [0.2, 0.25) is 5.02 Å². The molecular weight excluding hydrogens is 304 g/mol. The lowest BCUT2D eigenvalue weighted by Gasteiger charge is -2.41. The maximum absolute atomic E-state index is 6.10. The fourth-order valence-electron chi connectivity index (χ4n) is 3.63. The minimum absolute atomic E-state index is 0.368. The second-order valence-corrected chi connectivity index (χ2v) is 6.68. The van der Waals surface area contributed by atoms with Crippen LogP contribution in [-0.4, -0.2) is 37.1 Å². The summed E-state index contributed by atoms with van der Waals surface area (Å²) in [6.45, 7) is 6.65. The average Bonchev–Trinajstić information content (AvgIpc) is 2.60. The first kappa shape index (κ1) is 16.5. The van der Waals surface area contributed by atoms with Crippen molar-refractivity contribution in [3.8, 4) is 0 Å². The lowest BCUT2D eigenvalue weighted by Crippen LogP contribution is -2.54. The van der Waals surface area contributed by atoms with Gasteiger partial charge in [-0.15, -0.1) is 0 Å². The second kappa shape index (κ2) is 7.96. The lowest BCUT2D eigenvalue weighted by molar-refractivity contribution is 0.147. The highest BCUT2D eigenvalue weighted by Crippen LogP contribution is 2.32. The molecule has 2 unspecified atom stereocenters. The Morgan fingerprint density at radius 3 is 2.48 bits per heavy atom. The molecule has 0 radical (unpaired) electrons. The molecule has 2 aromatic rings. The van der Waals surface area contributed by atoms with Crippen molar-refractivity contribution in [2.75, 3.05) is 26.2 Å². The minimum Gasteiger partial charge on any atom is -0.314 e. The molecule has 3 heteroatoms. The summed E-state index contributed by atoms with van der Waals surface area (Å²) in [6.07, 6.45) is 1.19. The number of benzene rings is 2. The maximum atomic E-state index is 6.10. The third-order valence-electron chi connectivity index (χ3n) is 4.68. The zero-order valence-corrected chi connectivity index (χ0v) is 14.5. The Bertz CT molecular complexity index is 595. The van der Waals surface area contributed by atoms with Crippen LogP contribution in [0.3, 0.4) is 0 Å². The topological polar surface area (TPSA) is 15.3 Å². The summed E-state index contributed by atoms with van der Waals surface area (Å²) in [6, 6.07) is 19.7. The molecule has 0 aromatic heterocycles. The van der Waals surface area contributed by atoms with Gasteiger partial charge in [0.1, 0.15) is 0 Å². The largest absolute Gasteiger partial charge is 0.314 e. The summed E-state index contributed by atoms with van der Waals surface area (Å²) < 4.78 is 0. The van der Waals surface area contributed by atoms with E-state index in [2.05, 4.69) is 59.6 Å². The first-order chi connectivity index (χ1) is 11.3. The van der Waals surface area contributed by atoms with Crippen molar-refractivity contribution in [2.45, 2.75) is 25.3 Å². The molecule has 1 heterocycles. The van der Waals surface area contributed by atoms with Gasteiger partial charge in [0, 0.05) is 36.6 Å². The molecule has 2 nitrogen and oxygen atoms in total. The van der Waals surface area contributed by atoms with Gasteiger partial charge in [0.05, 0.1) is 0 Å². The number of hydrogen-bond acceptors (Lipinski definition) is 2. The predicted octanol–water partition coefficient (Wildman–Crippen LogP) is 4.16. The lowest BCUT2D eigenvalue weighted by atomic mass is 9.83. The van der Waals surface area contributed by atoms with Gasteiger partial charge in [0.15, 0.2) is 0 Å². The number of hydrogen-bond donors (Lipinski definition) is 1. The molecule has 2 atom stereocenters. The van der Waals surface area contributed by atoms with Crippen LogP contribution in [0.5, 0.6) is 0 Å². The molecule has 2 aromatic carbocycles. The fourth-order valence-corrected chi connectivity index (χ4v) is 3.75. The van der Waals surface area contributed by atoms with Crippen LogP contribution >= 0.6 is 11.6 Å². The van der Waals surface area contributed by atoms with E-state index in [1.807, 2.05) is 12.1 Å². The van der Waals surface area contributed by atoms with Crippen molar-refractivity contribution in [2.24, 2.45) is 0 Å². The number of nitrogens with zero attached hydrogens (tertiary/aromatic N) is 1. The summed E-state index contributed by atoms with van der Waals surface area (Å²) in [5, 5.41) is 4.39. The summed E-state index contributed by atoms with van der Waals surface area (Å²) in [4.78, 5) is 2.64. The molecule has 0 aliphatic carbocycles. The zero-order chi connectivity index (χ0) is 16.1. The zero-order valence-electron chi connectivity index (χ0n) is 13.7. The van der Waals surface area contributed by atoms with Gasteiger partial charge in [-0.05, 0) is 36.2 Å². The van der Waals surface area contributed by atoms with Gasteiger partial charge in [-0.1, -0.05) is 61.0 Å². The predicted molar refractivity (Wildman–Crippen MR) is 98.3 cm³/mol. The quantitative estimate of drug-likeness (QED) is 0.886. The number of piperazine rings is 1. The van der Waals surface area contributed by atoms with Crippen LogP contribution < -0.4 is 5.32 Å². The molecular formula is C20H25ClN2. The van der Waals surface area contributed by atoms with Crippen LogP contribution in [0.15, 0.2) is 54.6 Å². The highest BCUT2D eigenvalue weighted by Gasteiger charge is 2.31. The fraction of sp³-hybridized carbons (Fsp3) is 0.400. The SMILES string of the molecule is CCCN1CCNCC1C(c1ccccc1)c1ccc(Cl)cc1. The molecule has 1 aliphatic rings. The molecule has 0 amide bonds. The van der Waals surface area contributed by atoms with Crippen molar-refractivity contribution in [1.82, 2.24) is 10.2 Å². The molecule has 0 bridgehead atoms. The molecule has 1 aliphatic heterocycles. The van der Waals surface area contributed by atoms with E-state index in [0.717, 1.165) is 31.2 Å². The Hall–Kier alpha value is -1.35. The van der Waals surface area contributed by atoms with Gasteiger partial charge < -0.3 is 5.32 Å². The molecule has 23 heavy (non-hydrogen) atoms. The van der Waals surface area contributed by atoms with E-state index in [0.29, 0.717) is 12.0 Å². The van der Waals surface area contributed by atoms with Gasteiger partial charge >= 0.3 is 0 Å². The normalized spacial score (nSPS) is 20.3. The Morgan fingerprint density at radius 1 is 1.09 bits per heavy atom. The molecule has 0 spiro atoms. The number of rotatable bonds is 5. The number of nitrogens with one attached hydrogen (secondary N) is 1. The van der Waals surface area contributed by atoms with E-state index in [1.165, 1.54) is 17.5 Å². The standard InChI is InChI=1S/C20H25ClN2/c1-2-13-23-14-12-22-15-19(23)20(16-6-4-3-5-7-16)17-8-10-18(21)11-9-17/h3-11,19-20,22H,2,12-15H2,1H3. The van der Waals surface area contributed by atoms with Gasteiger partial charge in [0.2, 0.25) is 0 Å². The Balaban J connectivity index is 1.98. The first-order valence-corrected chi connectivity index (χ1v) is 8.92. The van der Waals surface area contributed by atoms with Crippen molar-refractivity contribution in [3.63, 3.8) is 0 Å². The Labute approximate surface area is 144 Å². The van der Waals surface area contributed by atoms with E-state index < -0.39 is 0 Å². The Morgan fingerprint density at radius 2 is 1.78 bits per heavy atom. The number of halogens is 1. The minimum atomic E-state index is 0.368. The summed E-state index contributed by atoms with van der Waals surface area (Å²) in [7, 11) is 0. The molecule has 1 saturated heterocycles. The van der Waals surface area contributed by atoms with Gasteiger partial charge in [0.25, 0.3) is 0 Å². The van der Waals surface area contributed by atoms with Crippen molar-refractivity contribution >= 4 is 11.6 Å². The summed E-state index contributed by atoms with van der Waals surface area (Å²) in [5.41, 5.74) is 2.72. The van der Waals surface area contributed by atoms with Crippen LogP contribution in [0, 0.1) is 0 Å². The molecule has 1 fully saturated rings. The first-order valence-electron chi connectivity index (χ1n) is 8.54. The van der Waals surface area contributed by atoms with Gasteiger partial charge in [-0.2, -0.15) is 0 Å². The third-order valence-corrected chi connectivity index (χ3v) is 4.93. The van der Waals surface area contributed by atoms with Crippen molar-refractivity contribution < 1.29 is 0 Å².